The first-order chi connectivity index (χ1) is 12.5. The molecule has 134 valence electrons. The molecule has 0 spiro atoms. The molecule has 8 nitrogen and oxygen atoms in total. The van der Waals surface area contributed by atoms with E-state index in [1.807, 2.05) is 38.1 Å². The van der Waals surface area contributed by atoms with Crippen LogP contribution < -0.4 is 15.4 Å². The fourth-order valence-corrected chi connectivity index (χ4v) is 2.19. The second kappa shape index (κ2) is 7.64. The summed E-state index contributed by atoms with van der Waals surface area (Å²) in [5, 5.41) is 17.4. The van der Waals surface area contributed by atoms with E-state index in [0.29, 0.717) is 23.1 Å². The van der Waals surface area contributed by atoms with Gasteiger partial charge >= 0.3 is 0 Å². The molecule has 0 bridgehead atoms. The first-order valence-corrected chi connectivity index (χ1v) is 8.12. The van der Waals surface area contributed by atoms with Gasteiger partial charge < -0.3 is 19.9 Å². The van der Waals surface area contributed by atoms with E-state index >= 15 is 0 Å². The summed E-state index contributed by atoms with van der Waals surface area (Å²) in [4.78, 5) is 12.1. The highest BCUT2D eigenvalue weighted by Crippen LogP contribution is 2.27. The van der Waals surface area contributed by atoms with Crippen LogP contribution in [0.5, 0.6) is 5.75 Å². The van der Waals surface area contributed by atoms with Gasteiger partial charge in [-0.05, 0) is 45.0 Å². The van der Waals surface area contributed by atoms with E-state index in [-0.39, 0.29) is 11.8 Å². The largest absolute Gasteiger partial charge is 0.489 e. The first-order valence-electron chi connectivity index (χ1n) is 8.12. The summed E-state index contributed by atoms with van der Waals surface area (Å²) in [5.74, 6) is 1.73. The highest BCUT2D eigenvalue weighted by atomic mass is 16.5. The molecule has 0 aliphatic heterocycles. The minimum Gasteiger partial charge on any atom is -0.489 e. The zero-order chi connectivity index (χ0) is 18.5. The maximum absolute atomic E-state index is 12.1. The number of para-hydroxylation sites is 2. The van der Waals surface area contributed by atoms with Crippen molar-refractivity contribution < 1.29 is 14.1 Å². The third-order valence-corrected chi connectivity index (χ3v) is 3.28. The molecule has 0 aliphatic rings. The predicted octanol–water partition coefficient (Wildman–Crippen LogP) is 3.56. The van der Waals surface area contributed by atoms with Gasteiger partial charge in [-0.3, -0.25) is 4.79 Å². The van der Waals surface area contributed by atoms with Crippen LogP contribution in [-0.2, 0) is 0 Å². The van der Waals surface area contributed by atoms with Crippen LogP contribution in [0.4, 0.5) is 17.3 Å². The summed E-state index contributed by atoms with van der Waals surface area (Å²) in [6.07, 6.45) is 0.0512. The van der Waals surface area contributed by atoms with Crippen molar-refractivity contribution in [3.8, 4) is 5.75 Å². The van der Waals surface area contributed by atoms with E-state index in [9.17, 15) is 4.79 Å². The molecular formula is C18H19N5O3. The average molecular weight is 353 g/mol. The number of benzene rings is 1. The molecule has 2 N–H and O–H groups in total. The number of rotatable bonds is 6. The quantitative estimate of drug-likeness (QED) is 0.698. The van der Waals surface area contributed by atoms with Gasteiger partial charge in [-0.15, -0.1) is 10.2 Å². The number of hydrogen-bond acceptors (Lipinski definition) is 7. The van der Waals surface area contributed by atoms with Crippen molar-refractivity contribution in [2.75, 3.05) is 10.6 Å². The van der Waals surface area contributed by atoms with E-state index in [4.69, 9.17) is 9.26 Å². The number of aryl methyl sites for hydroxylation is 1. The standard InChI is InChI=1S/C18H19N5O3/c1-11(2)25-15-7-5-4-6-13(15)19-16-9-8-14(21-22-16)18(24)20-17-10-12(3)26-23-17/h4-11H,1-3H3,(H,19,22)(H,20,23,24). The third-order valence-electron chi connectivity index (χ3n) is 3.28. The van der Waals surface area contributed by atoms with E-state index in [0.717, 1.165) is 5.69 Å². The molecular weight excluding hydrogens is 334 g/mol. The molecule has 0 saturated carbocycles. The minimum absolute atomic E-state index is 0.0512. The van der Waals surface area contributed by atoms with Crippen molar-refractivity contribution in [3.05, 3.63) is 53.9 Å². The number of nitrogens with one attached hydrogen (secondary N) is 2. The summed E-state index contributed by atoms with van der Waals surface area (Å²) < 4.78 is 10.7. The number of ether oxygens (including phenoxy) is 1. The molecule has 3 aromatic rings. The van der Waals surface area contributed by atoms with Crippen molar-refractivity contribution >= 4 is 23.2 Å². The van der Waals surface area contributed by atoms with Gasteiger partial charge in [-0.25, -0.2) is 0 Å². The predicted molar refractivity (Wildman–Crippen MR) is 96.7 cm³/mol. The maximum atomic E-state index is 12.1. The van der Waals surface area contributed by atoms with Gasteiger partial charge in [0.25, 0.3) is 5.91 Å². The zero-order valence-corrected chi connectivity index (χ0v) is 14.7. The van der Waals surface area contributed by atoms with Crippen molar-refractivity contribution in [2.45, 2.75) is 26.9 Å². The SMILES string of the molecule is Cc1cc(NC(=O)c2ccc(Nc3ccccc3OC(C)C)nn2)no1. The van der Waals surface area contributed by atoms with Crippen LogP contribution in [0.15, 0.2) is 47.0 Å². The van der Waals surface area contributed by atoms with Crippen LogP contribution in [-0.4, -0.2) is 27.4 Å². The molecule has 0 unspecified atom stereocenters. The summed E-state index contributed by atoms with van der Waals surface area (Å²) in [5.41, 5.74) is 0.939. The number of carbonyl (C=O) groups excluding carboxylic acids is 1. The second-order valence-corrected chi connectivity index (χ2v) is 5.87. The Kier molecular flexibility index (Phi) is 5.12. The number of aromatic nitrogens is 3. The normalized spacial score (nSPS) is 10.6. The Morgan fingerprint density at radius 3 is 2.58 bits per heavy atom. The maximum Gasteiger partial charge on any atom is 0.277 e. The highest BCUT2D eigenvalue weighted by molar-refractivity contribution is 6.02. The van der Waals surface area contributed by atoms with Crippen LogP contribution in [0.1, 0.15) is 30.1 Å². The van der Waals surface area contributed by atoms with Gasteiger partial charge in [0.05, 0.1) is 11.8 Å². The van der Waals surface area contributed by atoms with Crippen molar-refractivity contribution in [1.29, 1.82) is 0 Å². The Morgan fingerprint density at radius 2 is 1.92 bits per heavy atom. The van der Waals surface area contributed by atoms with Crippen LogP contribution in [0, 0.1) is 6.92 Å². The fraction of sp³-hybridized carbons (Fsp3) is 0.222. The third kappa shape index (κ3) is 4.35. The molecule has 0 aliphatic carbocycles. The molecule has 1 aromatic carbocycles. The van der Waals surface area contributed by atoms with Crippen LogP contribution in [0.25, 0.3) is 0 Å². The summed E-state index contributed by atoms with van der Waals surface area (Å²) in [6, 6.07) is 12.4. The smallest absolute Gasteiger partial charge is 0.277 e. The Balaban J connectivity index is 1.69. The van der Waals surface area contributed by atoms with Crippen LogP contribution in [0.2, 0.25) is 0 Å². The van der Waals surface area contributed by atoms with Gasteiger partial charge in [0, 0.05) is 6.07 Å². The van der Waals surface area contributed by atoms with Crippen molar-refractivity contribution in [2.24, 2.45) is 0 Å². The number of anilines is 3. The number of carbonyl (C=O) groups is 1. The molecule has 26 heavy (non-hydrogen) atoms. The molecule has 1 amide bonds. The molecule has 0 atom stereocenters. The number of nitrogens with zero attached hydrogens (tertiary/aromatic N) is 3. The monoisotopic (exact) mass is 353 g/mol. The summed E-state index contributed by atoms with van der Waals surface area (Å²) in [6.45, 7) is 5.66. The number of amides is 1. The van der Waals surface area contributed by atoms with Gasteiger partial charge in [-0.2, -0.15) is 0 Å². The summed E-state index contributed by atoms with van der Waals surface area (Å²) >= 11 is 0. The van der Waals surface area contributed by atoms with E-state index in [2.05, 4.69) is 26.0 Å². The Hall–Kier alpha value is -3.42. The summed E-state index contributed by atoms with van der Waals surface area (Å²) in [7, 11) is 0. The molecule has 0 fully saturated rings. The van der Waals surface area contributed by atoms with Crippen molar-refractivity contribution in [3.63, 3.8) is 0 Å². The second-order valence-electron chi connectivity index (χ2n) is 5.87. The molecule has 2 heterocycles. The van der Waals surface area contributed by atoms with Gasteiger partial charge in [-0.1, -0.05) is 17.3 Å². The lowest BCUT2D eigenvalue weighted by molar-refractivity contribution is 0.102. The van der Waals surface area contributed by atoms with Crippen molar-refractivity contribution in [1.82, 2.24) is 15.4 Å². The topological polar surface area (TPSA) is 102 Å². The van der Waals surface area contributed by atoms with E-state index in [1.54, 1.807) is 25.1 Å². The number of hydrogen-bond donors (Lipinski definition) is 2. The van der Waals surface area contributed by atoms with E-state index < -0.39 is 5.91 Å². The molecule has 0 radical (unpaired) electrons. The zero-order valence-electron chi connectivity index (χ0n) is 14.7. The Bertz CT molecular complexity index is 890. The lowest BCUT2D eigenvalue weighted by Gasteiger charge is -2.14. The first kappa shape index (κ1) is 17.4. The Morgan fingerprint density at radius 1 is 1.12 bits per heavy atom. The van der Waals surface area contributed by atoms with Crippen LogP contribution in [0.3, 0.4) is 0 Å². The fourth-order valence-electron chi connectivity index (χ4n) is 2.19. The molecule has 8 heteroatoms. The lowest BCUT2D eigenvalue weighted by Crippen LogP contribution is -2.14. The lowest BCUT2D eigenvalue weighted by atomic mass is 10.3. The molecule has 3 rings (SSSR count). The Labute approximate surface area is 150 Å². The van der Waals surface area contributed by atoms with Gasteiger partial charge in [0.15, 0.2) is 17.3 Å². The highest BCUT2D eigenvalue weighted by Gasteiger charge is 2.12. The van der Waals surface area contributed by atoms with Crippen LogP contribution >= 0.6 is 0 Å². The van der Waals surface area contributed by atoms with Gasteiger partial charge in [0.2, 0.25) is 0 Å². The average Bonchev–Trinajstić information content (AvgIpc) is 3.01. The van der Waals surface area contributed by atoms with E-state index in [1.165, 1.54) is 0 Å². The minimum atomic E-state index is -0.416. The molecule has 0 saturated heterocycles. The molecule has 2 aromatic heterocycles. The van der Waals surface area contributed by atoms with Gasteiger partial charge in [0.1, 0.15) is 11.5 Å².